The van der Waals surface area contributed by atoms with Crippen LogP contribution in [-0.2, 0) is 6.54 Å². The van der Waals surface area contributed by atoms with Gasteiger partial charge in [0.1, 0.15) is 11.6 Å². The summed E-state index contributed by atoms with van der Waals surface area (Å²) in [6.45, 7) is 4.80. The molecule has 0 atom stereocenters. The number of pyridine rings is 1. The van der Waals surface area contributed by atoms with Gasteiger partial charge < -0.3 is 14.5 Å². The van der Waals surface area contributed by atoms with Crippen LogP contribution in [0.3, 0.4) is 0 Å². The van der Waals surface area contributed by atoms with E-state index in [-0.39, 0.29) is 0 Å². The van der Waals surface area contributed by atoms with Crippen molar-refractivity contribution in [1.82, 2.24) is 9.88 Å². The number of hydrogen-bond acceptors (Lipinski definition) is 4. The number of benzene rings is 1. The Hall–Kier alpha value is -2.07. The van der Waals surface area contributed by atoms with Gasteiger partial charge in [-0.2, -0.15) is 0 Å². The van der Waals surface area contributed by atoms with Crippen LogP contribution in [0.5, 0.6) is 5.75 Å². The van der Waals surface area contributed by atoms with E-state index in [0.717, 1.165) is 36.9 Å². The van der Waals surface area contributed by atoms with Crippen molar-refractivity contribution in [1.29, 1.82) is 0 Å². The summed E-state index contributed by atoms with van der Waals surface area (Å²) in [5.41, 5.74) is 2.30. The molecule has 0 radical (unpaired) electrons. The Morgan fingerprint density at radius 3 is 2.32 bits per heavy atom. The Kier molecular flexibility index (Phi) is 5.78. The van der Waals surface area contributed by atoms with Crippen molar-refractivity contribution in [2.45, 2.75) is 13.5 Å². The summed E-state index contributed by atoms with van der Waals surface area (Å²) < 4.78 is 5.22. The average Bonchev–Trinajstić information content (AvgIpc) is 2.52. The maximum absolute atomic E-state index is 5.22. The van der Waals surface area contributed by atoms with Crippen LogP contribution in [0.2, 0.25) is 0 Å². The SMILES string of the molecule is COc1ccc(CN(CCN(C)C)c2cccc(C)n2)cc1. The summed E-state index contributed by atoms with van der Waals surface area (Å²) in [5, 5.41) is 0. The smallest absolute Gasteiger partial charge is 0.129 e. The number of methoxy groups -OCH3 is 1. The normalized spacial score (nSPS) is 10.8. The second-order valence-corrected chi connectivity index (χ2v) is 5.71. The zero-order chi connectivity index (χ0) is 15.9. The van der Waals surface area contributed by atoms with Gasteiger partial charge in [0.25, 0.3) is 0 Å². The molecule has 0 bridgehead atoms. The van der Waals surface area contributed by atoms with Gasteiger partial charge in [0.2, 0.25) is 0 Å². The molecule has 1 aromatic carbocycles. The molecule has 4 heteroatoms. The Balaban J connectivity index is 2.16. The molecular formula is C18H25N3O. The van der Waals surface area contributed by atoms with Crippen LogP contribution in [0.4, 0.5) is 5.82 Å². The Morgan fingerprint density at radius 1 is 1.00 bits per heavy atom. The highest BCUT2D eigenvalue weighted by Crippen LogP contribution is 2.17. The molecule has 1 heterocycles. The zero-order valence-electron chi connectivity index (χ0n) is 13.9. The first-order valence-corrected chi connectivity index (χ1v) is 7.55. The van der Waals surface area contributed by atoms with Gasteiger partial charge in [-0.1, -0.05) is 18.2 Å². The monoisotopic (exact) mass is 299 g/mol. The van der Waals surface area contributed by atoms with Gasteiger partial charge >= 0.3 is 0 Å². The minimum atomic E-state index is 0.842. The second kappa shape index (κ2) is 7.80. The molecule has 0 unspecified atom stereocenters. The number of likely N-dealkylation sites (N-methyl/N-ethyl adjacent to an activating group) is 1. The number of rotatable bonds is 7. The van der Waals surface area contributed by atoms with E-state index in [2.05, 4.69) is 53.1 Å². The minimum Gasteiger partial charge on any atom is -0.497 e. The fourth-order valence-corrected chi connectivity index (χ4v) is 2.25. The average molecular weight is 299 g/mol. The van der Waals surface area contributed by atoms with E-state index in [1.54, 1.807) is 7.11 Å². The summed E-state index contributed by atoms with van der Waals surface area (Å²) in [4.78, 5) is 9.17. The van der Waals surface area contributed by atoms with Crippen LogP contribution in [-0.4, -0.2) is 44.2 Å². The molecule has 0 aliphatic carbocycles. The molecule has 4 nitrogen and oxygen atoms in total. The molecule has 0 aliphatic heterocycles. The second-order valence-electron chi connectivity index (χ2n) is 5.71. The molecule has 118 valence electrons. The predicted molar refractivity (Wildman–Crippen MR) is 91.6 cm³/mol. The molecule has 2 aromatic rings. The molecule has 0 spiro atoms. The first-order valence-electron chi connectivity index (χ1n) is 7.55. The van der Waals surface area contributed by atoms with Crippen molar-refractivity contribution in [3.8, 4) is 5.75 Å². The summed E-state index contributed by atoms with van der Waals surface area (Å²) in [6, 6.07) is 14.4. The van der Waals surface area contributed by atoms with Crippen molar-refractivity contribution in [3.63, 3.8) is 0 Å². The zero-order valence-corrected chi connectivity index (χ0v) is 13.9. The molecule has 0 N–H and O–H groups in total. The minimum absolute atomic E-state index is 0.842. The van der Waals surface area contributed by atoms with E-state index in [1.807, 2.05) is 25.1 Å². The fraction of sp³-hybridized carbons (Fsp3) is 0.389. The van der Waals surface area contributed by atoms with Crippen LogP contribution in [0.15, 0.2) is 42.5 Å². The molecular weight excluding hydrogens is 274 g/mol. The number of aromatic nitrogens is 1. The highest BCUT2D eigenvalue weighted by molar-refractivity contribution is 5.41. The first kappa shape index (κ1) is 16.3. The lowest BCUT2D eigenvalue weighted by Crippen LogP contribution is -2.32. The molecule has 0 aliphatic rings. The van der Waals surface area contributed by atoms with Crippen LogP contribution >= 0.6 is 0 Å². The Morgan fingerprint density at radius 2 is 1.73 bits per heavy atom. The highest BCUT2D eigenvalue weighted by atomic mass is 16.5. The van der Waals surface area contributed by atoms with E-state index in [4.69, 9.17) is 4.74 Å². The van der Waals surface area contributed by atoms with Gasteiger partial charge in [-0.3, -0.25) is 0 Å². The topological polar surface area (TPSA) is 28.6 Å². The van der Waals surface area contributed by atoms with Crippen LogP contribution in [0.25, 0.3) is 0 Å². The van der Waals surface area contributed by atoms with E-state index >= 15 is 0 Å². The van der Waals surface area contributed by atoms with E-state index in [9.17, 15) is 0 Å². The standard InChI is InChI=1S/C18H25N3O/c1-15-6-5-7-18(19-15)21(13-12-20(2)3)14-16-8-10-17(22-4)11-9-16/h5-11H,12-14H2,1-4H3. The van der Waals surface area contributed by atoms with Gasteiger partial charge in [0.15, 0.2) is 0 Å². The van der Waals surface area contributed by atoms with E-state index in [1.165, 1.54) is 5.56 Å². The summed E-state index contributed by atoms with van der Waals surface area (Å²) in [5.74, 6) is 1.91. The molecule has 2 rings (SSSR count). The lowest BCUT2D eigenvalue weighted by atomic mass is 10.2. The Labute approximate surface area is 133 Å². The van der Waals surface area contributed by atoms with Crippen LogP contribution in [0.1, 0.15) is 11.3 Å². The molecule has 0 amide bonds. The van der Waals surface area contributed by atoms with Gasteiger partial charge in [-0.25, -0.2) is 4.98 Å². The third-order valence-electron chi connectivity index (χ3n) is 3.55. The fourth-order valence-electron chi connectivity index (χ4n) is 2.25. The van der Waals surface area contributed by atoms with Gasteiger partial charge in [-0.15, -0.1) is 0 Å². The summed E-state index contributed by atoms with van der Waals surface area (Å²) in [7, 11) is 5.87. The largest absolute Gasteiger partial charge is 0.497 e. The number of anilines is 1. The maximum atomic E-state index is 5.22. The molecule has 0 saturated heterocycles. The van der Waals surface area contributed by atoms with Crippen LogP contribution < -0.4 is 9.64 Å². The number of aryl methyl sites for hydroxylation is 1. The van der Waals surface area contributed by atoms with Crippen molar-refractivity contribution < 1.29 is 4.74 Å². The molecule has 1 aromatic heterocycles. The molecule has 0 saturated carbocycles. The maximum Gasteiger partial charge on any atom is 0.129 e. The molecule has 0 fully saturated rings. The quantitative estimate of drug-likeness (QED) is 0.786. The van der Waals surface area contributed by atoms with Crippen molar-refractivity contribution in [2.24, 2.45) is 0 Å². The highest BCUT2D eigenvalue weighted by Gasteiger charge is 2.09. The summed E-state index contributed by atoms with van der Waals surface area (Å²) >= 11 is 0. The number of nitrogens with zero attached hydrogens (tertiary/aromatic N) is 3. The first-order chi connectivity index (χ1) is 10.6. The van der Waals surface area contributed by atoms with Crippen LogP contribution in [0, 0.1) is 6.92 Å². The van der Waals surface area contributed by atoms with Gasteiger partial charge in [0, 0.05) is 25.3 Å². The van der Waals surface area contributed by atoms with E-state index < -0.39 is 0 Å². The predicted octanol–water partition coefficient (Wildman–Crippen LogP) is 2.97. The lowest BCUT2D eigenvalue weighted by molar-refractivity contribution is 0.411. The van der Waals surface area contributed by atoms with E-state index in [0.29, 0.717) is 0 Å². The van der Waals surface area contributed by atoms with Crippen molar-refractivity contribution in [2.75, 3.05) is 39.2 Å². The van der Waals surface area contributed by atoms with Crippen molar-refractivity contribution in [3.05, 3.63) is 53.7 Å². The third kappa shape index (κ3) is 4.74. The Bertz CT molecular complexity index is 581. The third-order valence-corrected chi connectivity index (χ3v) is 3.55. The van der Waals surface area contributed by atoms with Gasteiger partial charge in [-0.05, 0) is 50.8 Å². The lowest BCUT2D eigenvalue weighted by Gasteiger charge is -2.26. The number of ether oxygens (including phenoxy) is 1. The molecule has 22 heavy (non-hydrogen) atoms. The summed E-state index contributed by atoms with van der Waals surface area (Å²) in [6.07, 6.45) is 0. The van der Waals surface area contributed by atoms with Crippen molar-refractivity contribution >= 4 is 5.82 Å². The number of hydrogen-bond donors (Lipinski definition) is 0. The van der Waals surface area contributed by atoms with Gasteiger partial charge in [0.05, 0.1) is 7.11 Å².